The van der Waals surface area contributed by atoms with Crippen molar-refractivity contribution < 1.29 is 22.4 Å². The van der Waals surface area contributed by atoms with E-state index in [1.165, 1.54) is 0 Å². The largest absolute Gasteiger partial charge is 0.470 e. The molecule has 0 radical (unpaired) electrons. The molecule has 3 saturated heterocycles. The number of piperidine rings is 3. The first-order valence-electron chi connectivity index (χ1n) is 8.60. The van der Waals surface area contributed by atoms with Crippen molar-refractivity contribution in [2.24, 2.45) is 5.92 Å². The number of nitrogens with zero attached hydrogens (tertiary/aromatic N) is 3. The van der Waals surface area contributed by atoms with Gasteiger partial charge in [-0.15, -0.1) is 10.2 Å². The second-order valence-electron chi connectivity index (χ2n) is 6.72. The summed E-state index contributed by atoms with van der Waals surface area (Å²) in [5.41, 5.74) is 0.511. The number of amides is 1. The van der Waals surface area contributed by atoms with Crippen LogP contribution in [0.5, 0.6) is 0 Å². The number of hydrogen-bond donors (Lipinski definition) is 1. The molecule has 27 heavy (non-hydrogen) atoms. The molecule has 5 rings (SSSR count). The third kappa shape index (κ3) is 4.11. The van der Waals surface area contributed by atoms with Gasteiger partial charge < -0.3 is 14.6 Å². The Morgan fingerprint density at radius 1 is 1.19 bits per heavy atom. The molecule has 2 bridgehead atoms. The zero-order chi connectivity index (χ0) is 19.0. The van der Waals surface area contributed by atoms with E-state index in [9.17, 15) is 18.0 Å². The SMILES string of the molecule is O=C(NC1CN2CCC1CC2)c1ccc(Sc2nnc(C(F)(F)F)o2)cc1. The molecule has 6 nitrogen and oxygen atoms in total. The molecule has 1 atom stereocenters. The number of carbonyl (C=O) groups excluding carboxylic acids is 1. The van der Waals surface area contributed by atoms with E-state index in [0.29, 0.717) is 16.4 Å². The molecule has 1 aromatic carbocycles. The van der Waals surface area contributed by atoms with Crippen molar-refractivity contribution in [2.45, 2.75) is 35.2 Å². The number of alkyl halides is 3. The van der Waals surface area contributed by atoms with Gasteiger partial charge in [0.25, 0.3) is 11.1 Å². The van der Waals surface area contributed by atoms with Crippen LogP contribution in [0.1, 0.15) is 29.1 Å². The Bertz CT molecular complexity index is 816. The van der Waals surface area contributed by atoms with Crippen LogP contribution in [0.4, 0.5) is 13.2 Å². The number of rotatable bonds is 4. The smallest absolute Gasteiger partial charge is 0.407 e. The number of carbonyl (C=O) groups is 1. The minimum absolute atomic E-state index is 0.137. The Morgan fingerprint density at radius 2 is 1.89 bits per heavy atom. The first-order valence-corrected chi connectivity index (χ1v) is 9.42. The first kappa shape index (κ1) is 18.3. The lowest BCUT2D eigenvalue weighted by Gasteiger charge is -2.44. The van der Waals surface area contributed by atoms with Crippen LogP contribution < -0.4 is 5.32 Å². The molecule has 0 spiro atoms. The third-order valence-corrected chi connectivity index (χ3v) is 5.79. The van der Waals surface area contributed by atoms with Crippen molar-refractivity contribution in [3.8, 4) is 0 Å². The van der Waals surface area contributed by atoms with Crippen LogP contribution in [-0.4, -0.2) is 46.7 Å². The molecule has 0 saturated carbocycles. The summed E-state index contributed by atoms with van der Waals surface area (Å²) in [6.45, 7) is 3.10. The summed E-state index contributed by atoms with van der Waals surface area (Å²) in [6.07, 6.45) is -2.43. The average Bonchev–Trinajstić information content (AvgIpc) is 3.12. The van der Waals surface area contributed by atoms with Crippen LogP contribution in [0.25, 0.3) is 0 Å². The van der Waals surface area contributed by atoms with Gasteiger partial charge in [-0.2, -0.15) is 13.2 Å². The fraction of sp³-hybridized carbons (Fsp3) is 0.471. The second kappa shape index (κ2) is 7.16. The molecule has 4 heterocycles. The van der Waals surface area contributed by atoms with Gasteiger partial charge in [-0.25, -0.2) is 0 Å². The van der Waals surface area contributed by atoms with Crippen LogP contribution >= 0.6 is 11.8 Å². The van der Waals surface area contributed by atoms with E-state index in [1.807, 2.05) is 0 Å². The summed E-state index contributed by atoms with van der Waals surface area (Å²) in [5, 5.41) is 9.26. The van der Waals surface area contributed by atoms with Gasteiger partial charge in [0.2, 0.25) is 0 Å². The zero-order valence-electron chi connectivity index (χ0n) is 14.2. The summed E-state index contributed by atoms with van der Waals surface area (Å²) in [6, 6.07) is 6.74. The minimum Gasteiger partial charge on any atom is -0.407 e. The summed E-state index contributed by atoms with van der Waals surface area (Å²) < 4.78 is 42.0. The molecule has 1 N–H and O–H groups in total. The maximum absolute atomic E-state index is 12.5. The summed E-state index contributed by atoms with van der Waals surface area (Å²) in [4.78, 5) is 15.4. The van der Waals surface area contributed by atoms with Gasteiger partial charge in [-0.3, -0.25) is 4.79 Å². The van der Waals surface area contributed by atoms with Crippen molar-refractivity contribution in [1.29, 1.82) is 0 Å². The fourth-order valence-corrected chi connectivity index (χ4v) is 4.20. The molecule has 2 aromatic rings. The predicted molar refractivity (Wildman–Crippen MR) is 90.3 cm³/mol. The minimum atomic E-state index is -4.66. The molecule has 1 amide bonds. The molecular formula is C17H17F3N4O2S. The van der Waals surface area contributed by atoms with Gasteiger partial charge in [0, 0.05) is 23.0 Å². The van der Waals surface area contributed by atoms with Gasteiger partial charge in [0.15, 0.2) is 0 Å². The lowest BCUT2D eigenvalue weighted by atomic mass is 9.84. The van der Waals surface area contributed by atoms with E-state index in [2.05, 4.69) is 24.8 Å². The van der Waals surface area contributed by atoms with Crippen LogP contribution in [-0.2, 0) is 6.18 Å². The molecule has 144 valence electrons. The molecule has 0 aliphatic carbocycles. The summed E-state index contributed by atoms with van der Waals surface area (Å²) >= 11 is 0.912. The molecule has 3 aliphatic heterocycles. The normalized spacial score (nSPS) is 24.8. The number of aromatic nitrogens is 2. The summed E-state index contributed by atoms with van der Waals surface area (Å²) in [5.74, 6) is -0.977. The Hall–Kier alpha value is -2.07. The molecular weight excluding hydrogens is 381 g/mol. The Morgan fingerprint density at radius 3 is 2.44 bits per heavy atom. The molecule has 3 fully saturated rings. The van der Waals surface area contributed by atoms with Crippen molar-refractivity contribution >= 4 is 17.7 Å². The van der Waals surface area contributed by atoms with Crippen LogP contribution in [0.3, 0.4) is 0 Å². The maximum atomic E-state index is 12.5. The number of nitrogens with one attached hydrogen (secondary N) is 1. The van der Waals surface area contributed by atoms with Gasteiger partial charge in [-0.05, 0) is 67.9 Å². The van der Waals surface area contributed by atoms with E-state index in [-0.39, 0.29) is 17.2 Å². The van der Waals surface area contributed by atoms with E-state index in [0.717, 1.165) is 44.2 Å². The number of halogens is 3. The van der Waals surface area contributed by atoms with Gasteiger partial charge in [0.1, 0.15) is 0 Å². The fourth-order valence-electron chi connectivity index (χ4n) is 3.52. The lowest BCUT2D eigenvalue weighted by Crippen LogP contribution is -2.57. The zero-order valence-corrected chi connectivity index (χ0v) is 15.0. The van der Waals surface area contributed by atoms with E-state index < -0.39 is 12.1 Å². The van der Waals surface area contributed by atoms with Crippen LogP contribution in [0, 0.1) is 5.92 Å². The predicted octanol–water partition coefficient (Wildman–Crippen LogP) is 3.06. The standard InChI is InChI=1S/C17H17F3N4O2S/c18-17(19,20)15-22-23-16(26-15)27-12-3-1-11(2-4-12)14(25)21-13-9-24-7-5-10(13)6-8-24/h1-4,10,13H,5-9H2,(H,21,25). The average molecular weight is 398 g/mol. The first-order chi connectivity index (χ1) is 12.9. The Kier molecular flexibility index (Phi) is 4.85. The van der Waals surface area contributed by atoms with Crippen LogP contribution in [0.15, 0.2) is 38.8 Å². The van der Waals surface area contributed by atoms with Crippen molar-refractivity contribution in [3.63, 3.8) is 0 Å². The quantitative estimate of drug-likeness (QED) is 0.854. The van der Waals surface area contributed by atoms with Crippen LogP contribution in [0.2, 0.25) is 0 Å². The topological polar surface area (TPSA) is 71.3 Å². The Labute approximate surface area is 157 Å². The highest BCUT2D eigenvalue weighted by Crippen LogP contribution is 2.33. The van der Waals surface area contributed by atoms with Crippen molar-refractivity contribution in [3.05, 3.63) is 35.7 Å². The highest BCUT2D eigenvalue weighted by atomic mass is 32.2. The highest BCUT2D eigenvalue weighted by molar-refractivity contribution is 7.99. The molecule has 10 heteroatoms. The number of fused-ring (bicyclic) bond motifs is 3. The molecule has 1 aromatic heterocycles. The molecule has 1 unspecified atom stereocenters. The monoisotopic (exact) mass is 398 g/mol. The van der Waals surface area contributed by atoms with E-state index in [1.54, 1.807) is 24.3 Å². The number of hydrogen-bond acceptors (Lipinski definition) is 6. The lowest BCUT2D eigenvalue weighted by molar-refractivity contribution is -0.158. The summed E-state index contributed by atoms with van der Waals surface area (Å²) in [7, 11) is 0. The second-order valence-corrected chi connectivity index (χ2v) is 7.74. The van der Waals surface area contributed by atoms with Crippen molar-refractivity contribution in [1.82, 2.24) is 20.4 Å². The highest BCUT2D eigenvalue weighted by Gasteiger charge is 2.38. The maximum Gasteiger partial charge on any atom is 0.470 e. The number of benzene rings is 1. The Balaban J connectivity index is 1.37. The van der Waals surface area contributed by atoms with E-state index in [4.69, 9.17) is 0 Å². The van der Waals surface area contributed by atoms with Gasteiger partial charge in [-0.1, -0.05) is 0 Å². The van der Waals surface area contributed by atoms with E-state index >= 15 is 0 Å². The van der Waals surface area contributed by atoms with Gasteiger partial charge >= 0.3 is 12.1 Å². The third-order valence-electron chi connectivity index (χ3n) is 4.94. The molecule has 3 aliphatic rings. The van der Waals surface area contributed by atoms with Crippen molar-refractivity contribution in [2.75, 3.05) is 19.6 Å². The van der Waals surface area contributed by atoms with Gasteiger partial charge in [0.05, 0.1) is 0 Å².